The van der Waals surface area contributed by atoms with Crippen molar-refractivity contribution in [2.75, 3.05) is 7.11 Å². The van der Waals surface area contributed by atoms with E-state index in [1.807, 2.05) is 19.1 Å². The monoisotopic (exact) mass is 276 g/mol. The quantitative estimate of drug-likeness (QED) is 0.648. The molecule has 1 aromatic carbocycles. The smallest absolute Gasteiger partial charge is 0.311 e. The van der Waals surface area contributed by atoms with Gasteiger partial charge in [-0.2, -0.15) is 0 Å². The van der Waals surface area contributed by atoms with Gasteiger partial charge in [-0.3, -0.25) is 10.1 Å². The highest BCUT2D eigenvalue weighted by Crippen LogP contribution is 2.27. The van der Waals surface area contributed by atoms with E-state index in [0.29, 0.717) is 6.54 Å². The Kier molecular flexibility index (Phi) is 4.37. The van der Waals surface area contributed by atoms with Gasteiger partial charge < -0.3 is 14.5 Å². The molecule has 106 valence electrons. The van der Waals surface area contributed by atoms with Gasteiger partial charge in [-0.05, 0) is 30.7 Å². The second kappa shape index (κ2) is 6.21. The second-order valence-electron chi connectivity index (χ2n) is 4.38. The molecule has 0 bridgehead atoms. The van der Waals surface area contributed by atoms with Gasteiger partial charge in [-0.15, -0.1) is 0 Å². The molecule has 0 saturated heterocycles. The third-order valence-electron chi connectivity index (χ3n) is 3.02. The highest BCUT2D eigenvalue weighted by atomic mass is 16.6. The molecular formula is C14H16N2O4. The summed E-state index contributed by atoms with van der Waals surface area (Å²) < 4.78 is 10.3. The second-order valence-corrected chi connectivity index (χ2v) is 4.38. The Balaban J connectivity index is 2.06. The third kappa shape index (κ3) is 3.16. The van der Waals surface area contributed by atoms with Crippen LogP contribution in [-0.4, -0.2) is 12.0 Å². The van der Waals surface area contributed by atoms with Gasteiger partial charge >= 0.3 is 5.69 Å². The molecule has 0 amide bonds. The van der Waals surface area contributed by atoms with Crippen molar-refractivity contribution in [2.24, 2.45) is 0 Å². The van der Waals surface area contributed by atoms with Gasteiger partial charge in [0.1, 0.15) is 5.76 Å². The highest BCUT2D eigenvalue weighted by molar-refractivity contribution is 5.48. The number of rotatable bonds is 6. The van der Waals surface area contributed by atoms with Gasteiger partial charge in [0.25, 0.3) is 0 Å². The Morgan fingerprint density at radius 2 is 2.25 bits per heavy atom. The molecule has 0 aliphatic carbocycles. The van der Waals surface area contributed by atoms with E-state index in [1.54, 1.807) is 18.4 Å². The summed E-state index contributed by atoms with van der Waals surface area (Å²) in [5.41, 5.74) is 0.786. The van der Waals surface area contributed by atoms with Gasteiger partial charge in [0.05, 0.1) is 24.3 Å². The molecule has 1 N–H and O–H groups in total. The van der Waals surface area contributed by atoms with Crippen molar-refractivity contribution in [3.8, 4) is 5.75 Å². The van der Waals surface area contributed by atoms with Crippen LogP contribution < -0.4 is 10.1 Å². The molecule has 6 nitrogen and oxygen atoms in total. The van der Waals surface area contributed by atoms with Crippen LogP contribution in [-0.2, 0) is 6.54 Å². The zero-order valence-electron chi connectivity index (χ0n) is 11.3. The van der Waals surface area contributed by atoms with E-state index >= 15 is 0 Å². The minimum Gasteiger partial charge on any atom is -0.490 e. The van der Waals surface area contributed by atoms with E-state index in [4.69, 9.17) is 9.15 Å². The summed E-state index contributed by atoms with van der Waals surface area (Å²) in [6.45, 7) is 2.48. The lowest BCUT2D eigenvalue weighted by Crippen LogP contribution is -2.17. The molecule has 0 spiro atoms. The number of nitrogens with zero attached hydrogens (tertiary/aromatic N) is 1. The number of ether oxygens (including phenoxy) is 1. The van der Waals surface area contributed by atoms with Gasteiger partial charge in [-0.25, -0.2) is 0 Å². The van der Waals surface area contributed by atoms with Crippen molar-refractivity contribution >= 4 is 5.69 Å². The number of nitrogens with one attached hydrogen (secondary N) is 1. The predicted molar refractivity (Wildman–Crippen MR) is 73.6 cm³/mol. The largest absolute Gasteiger partial charge is 0.490 e. The van der Waals surface area contributed by atoms with Crippen LogP contribution in [0.15, 0.2) is 41.0 Å². The molecule has 0 fully saturated rings. The Morgan fingerprint density at radius 1 is 1.45 bits per heavy atom. The number of hydrogen-bond acceptors (Lipinski definition) is 5. The van der Waals surface area contributed by atoms with Crippen molar-refractivity contribution in [3.63, 3.8) is 0 Å². The molecule has 0 saturated carbocycles. The van der Waals surface area contributed by atoms with Crippen molar-refractivity contribution in [1.82, 2.24) is 5.32 Å². The van der Waals surface area contributed by atoms with E-state index in [-0.39, 0.29) is 17.5 Å². The first-order valence-corrected chi connectivity index (χ1v) is 6.20. The summed E-state index contributed by atoms with van der Waals surface area (Å²) >= 11 is 0. The maximum Gasteiger partial charge on any atom is 0.311 e. The molecule has 0 unspecified atom stereocenters. The molecular weight excluding hydrogens is 260 g/mol. The van der Waals surface area contributed by atoms with E-state index in [1.165, 1.54) is 13.2 Å². The van der Waals surface area contributed by atoms with Crippen LogP contribution in [0.5, 0.6) is 5.75 Å². The number of hydrogen-bond donors (Lipinski definition) is 1. The normalized spacial score (nSPS) is 12.1. The van der Waals surface area contributed by atoms with Crippen LogP contribution in [0.25, 0.3) is 0 Å². The highest BCUT2D eigenvalue weighted by Gasteiger charge is 2.15. The van der Waals surface area contributed by atoms with E-state index in [9.17, 15) is 10.1 Å². The minimum atomic E-state index is -0.446. The Labute approximate surface area is 116 Å². The van der Waals surface area contributed by atoms with Crippen molar-refractivity contribution in [3.05, 3.63) is 58.0 Å². The Morgan fingerprint density at radius 3 is 2.85 bits per heavy atom. The van der Waals surface area contributed by atoms with E-state index in [2.05, 4.69) is 5.32 Å². The average molecular weight is 276 g/mol. The van der Waals surface area contributed by atoms with Crippen LogP contribution >= 0.6 is 0 Å². The first-order valence-electron chi connectivity index (χ1n) is 6.20. The first-order chi connectivity index (χ1) is 9.61. The standard InChI is InChI=1S/C14H16N2O4/c1-10(13-4-3-7-20-13)15-9-11-5-6-14(19-2)12(8-11)16(17)18/h3-8,10,15H,9H2,1-2H3/t10-/m1/s1. The Hall–Kier alpha value is -2.34. The zero-order chi connectivity index (χ0) is 14.5. The number of furan rings is 1. The lowest BCUT2D eigenvalue weighted by atomic mass is 10.1. The van der Waals surface area contributed by atoms with Crippen molar-refractivity contribution < 1.29 is 14.1 Å². The minimum absolute atomic E-state index is 0.0301. The number of nitro benzene ring substituents is 1. The summed E-state index contributed by atoms with van der Waals surface area (Å²) in [5.74, 6) is 1.09. The lowest BCUT2D eigenvalue weighted by Gasteiger charge is -2.11. The molecule has 20 heavy (non-hydrogen) atoms. The lowest BCUT2D eigenvalue weighted by molar-refractivity contribution is -0.385. The molecule has 2 aromatic rings. The summed E-state index contributed by atoms with van der Waals surface area (Å²) in [7, 11) is 1.42. The van der Waals surface area contributed by atoms with Gasteiger partial charge in [0, 0.05) is 12.6 Å². The SMILES string of the molecule is COc1ccc(CN[C@H](C)c2ccco2)cc1[N+](=O)[O-]. The van der Waals surface area contributed by atoms with Crippen LogP contribution in [0.1, 0.15) is 24.3 Å². The van der Waals surface area contributed by atoms with Crippen LogP contribution in [0.2, 0.25) is 0 Å². The van der Waals surface area contributed by atoms with Gasteiger partial charge in [-0.1, -0.05) is 6.07 Å². The zero-order valence-corrected chi connectivity index (χ0v) is 11.3. The third-order valence-corrected chi connectivity index (χ3v) is 3.02. The molecule has 6 heteroatoms. The number of benzene rings is 1. The van der Waals surface area contributed by atoms with E-state index < -0.39 is 4.92 Å². The van der Waals surface area contributed by atoms with Crippen LogP contribution in [0.4, 0.5) is 5.69 Å². The molecule has 0 aliphatic rings. The van der Waals surface area contributed by atoms with Gasteiger partial charge in [0.2, 0.25) is 0 Å². The Bertz CT molecular complexity index is 581. The molecule has 0 radical (unpaired) electrons. The fraction of sp³-hybridized carbons (Fsp3) is 0.286. The topological polar surface area (TPSA) is 77.5 Å². The predicted octanol–water partition coefficient (Wildman–Crippen LogP) is 3.05. The van der Waals surface area contributed by atoms with Crippen molar-refractivity contribution in [1.29, 1.82) is 0 Å². The van der Waals surface area contributed by atoms with Gasteiger partial charge in [0.15, 0.2) is 5.75 Å². The summed E-state index contributed by atoms with van der Waals surface area (Å²) in [5, 5.41) is 14.2. The number of methoxy groups -OCH3 is 1. The average Bonchev–Trinajstić information content (AvgIpc) is 2.98. The fourth-order valence-electron chi connectivity index (χ4n) is 1.90. The van der Waals surface area contributed by atoms with Crippen LogP contribution in [0.3, 0.4) is 0 Å². The van der Waals surface area contributed by atoms with E-state index in [0.717, 1.165) is 11.3 Å². The van der Waals surface area contributed by atoms with Crippen LogP contribution in [0, 0.1) is 10.1 Å². The molecule has 2 rings (SSSR count). The maximum atomic E-state index is 10.9. The maximum absolute atomic E-state index is 10.9. The molecule has 0 aliphatic heterocycles. The summed E-state index contributed by atoms with van der Waals surface area (Å²) in [6.07, 6.45) is 1.62. The molecule has 1 atom stereocenters. The summed E-state index contributed by atoms with van der Waals surface area (Å²) in [6, 6.07) is 8.66. The first kappa shape index (κ1) is 14.1. The molecule has 1 heterocycles. The molecule has 1 aromatic heterocycles. The van der Waals surface area contributed by atoms with Crippen molar-refractivity contribution in [2.45, 2.75) is 19.5 Å². The number of nitro groups is 1. The summed E-state index contributed by atoms with van der Waals surface area (Å²) in [4.78, 5) is 10.5. The fourth-order valence-corrected chi connectivity index (χ4v) is 1.90.